The quantitative estimate of drug-likeness (QED) is 0.740. The molecule has 0 unspecified atom stereocenters. The van der Waals surface area contributed by atoms with Crippen LogP contribution in [0.25, 0.3) is 16.8 Å². The summed E-state index contributed by atoms with van der Waals surface area (Å²) >= 11 is 7.70. The van der Waals surface area contributed by atoms with Crippen LogP contribution in [0.3, 0.4) is 0 Å². The van der Waals surface area contributed by atoms with Gasteiger partial charge in [0.15, 0.2) is 11.2 Å². The number of nitrogens with zero attached hydrogens (tertiary/aromatic N) is 4. The number of aromatic amines is 1. The molecule has 25 heavy (non-hydrogen) atoms. The summed E-state index contributed by atoms with van der Waals surface area (Å²) < 4.78 is 1.36. The number of thioether (sulfide) groups is 1. The topological polar surface area (TPSA) is 83.4 Å². The number of hydrogen-bond donors (Lipinski definition) is 1. The van der Waals surface area contributed by atoms with E-state index < -0.39 is 5.56 Å². The van der Waals surface area contributed by atoms with E-state index in [1.807, 2.05) is 11.8 Å². The van der Waals surface area contributed by atoms with Crippen LogP contribution in [0.2, 0.25) is 5.02 Å². The predicted octanol–water partition coefficient (Wildman–Crippen LogP) is 1.93. The zero-order valence-electron chi connectivity index (χ0n) is 13.1. The van der Waals surface area contributed by atoms with E-state index in [0.29, 0.717) is 23.8 Å². The number of nitrogens with one attached hydrogen (secondary N) is 1. The van der Waals surface area contributed by atoms with Gasteiger partial charge in [0.2, 0.25) is 0 Å². The SMILES string of the molecule is O=C(c1nnn2cc(-c3ccc(Cl)cc3)[nH]c(=O)c12)N1CCSCC1. The number of carbonyl (C=O) groups excluding carboxylic acids is 1. The summed E-state index contributed by atoms with van der Waals surface area (Å²) in [6, 6.07) is 7.08. The summed E-state index contributed by atoms with van der Waals surface area (Å²) in [7, 11) is 0. The van der Waals surface area contributed by atoms with Gasteiger partial charge < -0.3 is 9.88 Å². The standard InChI is InChI=1S/C16H14ClN5O2S/c17-11-3-1-10(2-4-11)12-9-22-14(15(23)18-12)13(19-20-22)16(24)21-5-7-25-8-6-21/h1-4,9H,5-8H2,(H,18,23). The lowest BCUT2D eigenvalue weighted by Gasteiger charge is -2.25. The molecule has 3 aromatic rings. The molecular weight excluding hydrogens is 362 g/mol. The second-order valence-corrected chi connectivity index (χ2v) is 7.30. The Morgan fingerprint density at radius 2 is 1.92 bits per heavy atom. The number of fused-ring (bicyclic) bond motifs is 1. The molecule has 0 bridgehead atoms. The first-order valence-corrected chi connectivity index (χ1v) is 9.28. The largest absolute Gasteiger partial charge is 0.336 e. The lowest BCUT2D eigenvalue weighted by atomic mass is 10.1. The molecular formula is C16H14ClN5O2S. The van der Waals surface area contributed by atoms with E-state index in [2.05, 4.69) is 15.3 Å². The number of carbonyl (C=O) groups is 1. The molecule has 1 aliphatic heterocycles. The van der Waals surface area contributed by atoms with E-state index in [-0.39, 0.29) is 17.1 Å². The average Bonchev–Trinajstić information content (AvgIpc) is 3.07. The number of rotatable bonds is 2. The highest BCUT2D eigenvalue weighted by Crippen LogP contribution is 2.19. The second kappa shape index (κ2) is 6.53. The number of hydrogen-bond acceptors (Lipinski definition) is 5. The second-order valence-electron chi connectivity index (χ2n) is 5.64. The van der Waals surface area contributed by atoms with Gasteiger partial charge in [0.1, 0.15) is 0 Å². The van der Waals surface area contributed by atoms with Crippen LogP contribution in [0.15, 0.2) is 35.3 Å². The molecule has 1 fully saturated rings. The van der Waals surface area contributed by atoms with Crippen molar-refractivity contribution in [1.29, 1.82) is 0 Å². The monoisotopic (exact) mass is 375 g/mol. The summed E-state index contributed by atoms with van der Waals surface area (Å²) in [4.78, 5) is 29.7. The summed E-state index contributed by atoms with van der Waals surface area (Å²) in [5.41, 5.74) is 1.23. The van der Waals surface area contributed by atoms with Gasteiger partial charge in [-0.05, 0) is 17.7 Å². The Hall–Kier alpha value is -2.32. The van der Waals surface area contributed by atoms with E-state index in [1.165, 1.54) is 4.52 Å². The molecule has 1 amide bonds. The molecule has 0 aliphatic carbocycles. The van der Waals surface area contributed by atoms with Gasteiger partial charge in [-0.15, -0.1) is 5.10 Å². The van der Waals surface area contributed by atoms with Gasteiger partial charge in [-0.1, -0.05) is 28.9 Å². The zero-order valence-corrected chi connectivity index (χ0v) is 14.7. The number of aromatic nitrogens is 4. The number of amides is 1. The maximum absolute atomic E-state index is 12.7. The summed E-state index contributed by atoms with van der Waals surface area (Å²) in [6.07, 6.45) is 1.65. The fourth-order valence-electron chi connectivity index (χ4n) is 2.77. The number of H-pyrrole nitrogens is 1. The highest BCUT2D eigenvalue weighted by atomic mass is 35.5. The predicted molar refractivity (Wildman–Crippen MR) is 97.3 cm³/mol. The smallest absolute Gasteiger partial charge is 0.276 e. The maximum Gasteiger partial charge on any atom is 0.276 e. The van der Waals surface area contributed by atoms with Crippen LogP contribution in [0, 0.1) is 0 Å². The Labute approximate surface area is 152 Å². The van der Waals surface area contributed by atoms with Gasteiger partial charge in [0, 0.05) is 29.6 Å². The highest BCUT2D eigenvalue weighted by molar-refractivity contribution is 7.99. The summed E-state index contributed by atoms with van der Waals surface area (Å²) in [5.74, 6) is 1.53. The van der Waals surface area contributed by atoms with Gasteiger partial charge in [-0.2, -0.15) is 11.8 Å². The zero-order chi connectivity index (χ0) is 17.4. The molecule has 7 nitrogen and oxygen atoms in total. The molecule has 0 radical (unpaired) electrons. The van der Waals surface area contributed by atoms with Crippen LogP contribution in [0.4, 0.5) is 0 Å². The van der Waals surface area contributed by atoms with Crippen LogP contribution < -0.4 is 5.56 Å². The molecule has 4 rings (SSSR count). The van der Waals surface area contributed by atoms with E-state index in [0.717, 1.165) is 17.1 Å². The van der Waals surface area contributed by atoms with Crippen LogP contribution >= 0.6 is 23.4 Å². The first-order chi connectivity index (χ1) is 12.1. The fourth-order valence-corrected chi connectivity index (χ4v) is 3.80. The molecule has 0 saturated carbocycles. The minimum atomic E-state index is -0.396. The Morgan fingerprint density at radius 1 is 1.20 bits per heavy atom. The Morgan fingerprint density at radius 3 is 2.64 bits per heavy atom. The van der Waals surface area contributed by atoms with E-state index >= 15 is 0 Å². The third-order valence-corrected chi connectivity index (χ3v) is 5.26. The third kappa shape index (κ3) is 3.03. The molecule has 0 atom stereocenters. The van der Waals surface area contributed by atoms with Crippen molar-refractivity contribution in [3.05, 3.63) is 51.5 Å². The van der Waals surface area contributed by atoms with Crippen molar-refractivity contribution < 1.29 is 4.79 Å². The van der Waals surface area contributed by atoms with Crippen LogP contribution in [-0.4, -0.2) is 55.2 Å². The third-order valence-electron chi connectivity index (χ3n) is 4.07. The van der Waals surface area contributed by atoms with Gasteiger partial charge in [-0.25, -0.2) is 4.52 Å². The van der Waals surface area contributed by atoms with E-state index in [4.69, 9.17) is 11.6 Å². The van der Waals surface area contributed by atoms with Crippen molar-refractivity contribution >= 4 is 34.8 Å². The summed E-state index contributed by atoms with van der Waals surface area (Å²) in [5, 5.41) is 8.53. The van der Waals surface area contributed by atoms with Crippen molar-refractivity contribution in [3.8, 4) is 11.3 Å². The average molecular weight is 376 g/mol. The first kappa shape index (κ1) is 16.2. The van der Waals surface area contributed by atoms with Crippen molar-refractivity contribution in [2.45, 2.75) is 0 Å². The Kier molecular flexibility index (Phi) is 4.22. The van der Waals surface area contributed by atoms with Crippen molar-refractivity contribution in [1.82, 2.24) is 24.7 Å². The molecule has 1 aromatic carbocycles. The van der Waals surface area contributed by atoms with Crippen LogP contribution in [-0.2, 0) is 0 Å². The van der Waals surface area contributed by atoms with Crippen LogP contribution in [0.1, 0.15) is 10.5 Å². The highest BCUT2D eigenvalue weighted by Gasteiger charge is 2.25. The first-order valence-electron chi connectivity index (χ1n) is 7.75. The Balaban J connectivity index is 1.75. The number of halogens is 1. The van der Waals surface area contributed by atoms with Gasteiger partial charge in [-0.3, -0.25) is 9.59 Å². The molecule has 9 heteroatoms. The lowest BCUT2D eigenvalue weighted by Crippen LogP contribution is -2.38. The lowest BCUT2D eigenvalue weighted by molar-refractivity contribution is 0.0768. The molecule has 1 saturated heterocycles. The van der Waals surface area contributed by atoms with Crippen molar-refractivity contribution in [2.24, 2.45) is 0 Å². The normalized spacial score (nSPS) is 14.8. The molecule has 1 N–H and O–H groups in total. The molecule has 1 aliphatic rings. The van der Waals surface area contributed by atoms with E-state index in [1.54, 1.807) is 35.4 Å². The van der Waals surface area contributed by atoms with Crippen molar-refractivity contribution in [2.75, 3.05) is 24.6 Å². The van der Waals surface area contributed by atoms with Crippen LogP contribution in [0.5, 0.6) is 0 Å². The van der Waals surface area contributed by atoms with E-state index in [9.17, 15) is 9.59 Å². The molecule has 2 aromatic heterocycles. The molecule has 0 spiro atoms. The number of benzene rings is 1. The summed E-state index contributed by atoms with van der Waals surface area (Å²) in [6.45, 7) is 1.31. The fraction of sp³-hybridized carbons (Fsp3) is 0.250. The van der Waals surface area contributed by atoms with Gasteiger partial charge in [0.05, 0.1) is 11.9 Å². The van der Waals surface area contributed by atoms with Crippen molar-refractivity contribution in [3.63, 3.8) is 0 Å². The minimum Gasteiger partial charge on any atom is -0.336 e. The Bertz CT molecular complexity index is 992. The minimum absolute atomic E-state index is 0.0933. The van der Waals surface area contributed by atoms with Gasteiger partial charge in [0.25, 0.3) is 11.5 Å². The molecule has 128 valence electrons. The van der Waals surface area contributed by atoms with Gasteiger partial charge >= 0.3 is 0 Å². The molecule has 3 heterocycles. The maximum atomic E-state index is 12.7.